The maximum atomic E-state index is 12.2. The number of nitrogens with one attached hydrogen (secondary N) is 1. The van der Waals surface area contributed by atoms with Crippen molar-refractivity contribution in [1.29, 1.82) is 0 Å². The second-order valence-corrected chi connectivity index (χ2v) is 4.91. The first-order valence-electron chi connectivity index (χ1n) is 6.54. The molecule has 20 heavy (non-hydrogen) atoms. The second kappa shape index (κ2) is 5.92. The predicted octanol–water partition coefficient (Wildman–Crippen LogP) is 0.903. The smallest absolute Gasteiger partial charge is 0.328 e. The van der Waals surface area contributed by atoms with Crippen molar-refractivity contribution in [3.63, 3.8) is 0 Å². The lowest BCUT2D eigenvalue weighted by atomic mass is 10.00. The van der Waals surface area contributed by atoms with Crippen molar-refractivity contribution in [2.75, 3.05) is 18.1 Å². The number of aliphatic carboxylic acids is 1. The predicted molar refractivity (Wildman–Crippen MR) is 73.9 cm³/mol. The summed E-state index contributed by atoms with van der Waals surface area (Å²) in [4.78, 5) is 24.5. The third-order valence-corrected chi connectivity index (χ3v) is 3.38. The van der Waals surface area contributed by atoms with Gasteiger partial charge in [0.2, 0.25) is 0 Å². The Morgan fingerprint density at radius 1 is 1.45 bits per heavy atom. The van der Waals surface area contributed by atoms with E-state index in [1.807, 2.05) is 25.1 Å². The molecule has 1 aliphatic heterocycles. The van der Waals surface area contributed by atoms with Crippen LogP contribution in [0.25, 0.3) is 0 Å². The lowest BCUT2D eigenvalue weighted by Crippen LogP contribution is -2.50. The molecule has 0 radical (unpaired) electrons. The molecule has 0 saturated heterocycles. The zero-order valence-corrected chi connectivity index (χ0v) is 11.3. The average Bonchev–Trinajstić information content (AvgIpc) is 2.43. The fourth-order valence-electron chi connectivity index (χ4n) is 2.35. The van der Waals surface area contributed by atoms with Gasteiger partial charge < -0.3 is 15.5 Å². The van der Waals surface area contributed by atoms with E-state index in [1.165, 1.54) is 4.90 Å². The van der Waals surface area contributed by atoms with Gasteiger partial charge in [0.05, 0.1) is 6.61 Å². The van der Waals surface area contributed by atoms with Crippen LogP contribution in [0.3, 0.4) is 0 Å². The standard InChI is InChI=1S/C14H18N2O4/c1-9-4-5-12-10(7-9)3-2-6-16(12)14(20)15-11(8-17)13(18)19/h4-5,7,11,17H,2-3,6,8H2,1H3,(H,15,20)(H,18,19)/t11-/m0/s1. The van der Waals surface area contributed by atoms with Crippen molar-refractivity contribution < 1.29 is 19.8 Å². The van der Waals surface area contributed by atoms with Crippen LogP contribution in [0.1, 0.15) is 17.5 Å². The highest BCUT2D eigenvalue weighted by atomic mass is 16.4. The summed E-state index contributed by atoms with van der Waals surface area (Å²) in [5.74, 6) is -1.25. The number of aliphatic hydroxyl groups is 1. The first kappa shape index (κ1) is 14.3. The zero-order chi connectivity index (χ0) is 14.7. The van der Waals surface area contributed by atoms with Crippen LogP contribution in [0.5, 0.6) is 0 Å². The lowest BCUT2D eigenvalue weighted by Gasteiger charge is -2.30. The van der Waals surface area contributed by atoms with E-state index in [9.17, 15) is 9.59 Å². The van der Waals surface area contributed by atoms with Crippen LogP contribution >= 0.6 is 0 Å². The number of urea groups is 1. The van der Waals surface area contributed by atoms with E-state index in [4.69, 9.17) is 10.2 Å². The number of carbonyl (C=O) groups excluding carboxylic acids is 1. The molecular weight excluding hydrogens is 260 g/mol. The molecule has 2 rings (SSSR count). The number of anilines is 1. The molecule has 1 aliphatic rings. The number of amides is 2. The molecule has 0 aliphatic carbocycles. The molecule has 0 bridgehead atoms. The van der Waals surface area contributed by atoms with E-state index in [2.05, 4.69) is 5.32 Å². The molecule has 0 aromatic heterocycles. The van der Waals surface area contributed by atoms with Gasteiger partial charge in [0.25, 0.3) is 0 Å². The van der Waals surface area contributed by atoms with E-state index in [1.54, 1.807) is 0 Å². The highest BCUT2D eigenvalue weighted by Crippen LogP contribution is 2.27. The number of hydrogen-bond acceptors (Lipinski definition) is 3. The normalized spacial score (nSPS) is 15.4. The Morgan fingerprint density at radius 3 is 2.85 bits per heavy atom. The van der Waals surface area contributed by atoms with Crippen molar-refractivity contribution in [2.24, 2.45) is 0 Å². The Morgan fingerprint density at radius 2 is 2.20 bits per heavy atom. The number of aliphatic hydroxyl groups excluding tert-OH is 1. The van der Waals surface area contributed by atoms with Crippen LogP contribution in [-0.2, 0) is 11.2 Å². The third kappa shape index (κ3) is 2.91. The van der Waals surface area contributed by atoms with Gasteiger partial charge in [-0.25, -0.2) is 9.59 Å². The minimum absolute atomic E-state index is 0.490. The van der Waals surface area contributed by atoms with Gasteiger partial charge in [0, 0.05) is 12.2 Å². The number of fused-ring (bicyclic) bond motifs is 1. The summed E-state index contributed by atoms with van der Waals surface area (Å²) in [5, 5.41) is 20.1. The van der Waals surface area contributed by atoms with Crippen LogP contribution in [0.15, 0.2) is 18.2 Å². The Labute approximate surface area is 117 Å². The summed E-state index contributed by atoms with van der Waals surface area (Å²) in [7, 11) is 0. The van der Waals surface area contributed by atoms with E-state index in [0.717, 1.165) is 29.7 Å². The van der Waals surface area contributed by atoms with Gasteiger partial charge in [-0.1, -0.05) is 17.7 Å². The summed E-state index contributed by atoms with van der Waals surface area (Å²) < 4.78 is 0. The molecule has 0 saturated carbocycles. The molecule has 0 fully saturated rings. The van der Waals surface area contributed by atoms with Gasteiger partial charge in [-0.05, 0) is 31.4 Å². The van der Waals surface area contributed by atoms with Crippen molar-refractivity contribution in [1.82, 2.24) is 5.32 Å². The molecule has 108 valence electrons. The minimum atomic E-state index is -1.28. The zero-order valence-electron chi connectivity index (χ0n) is 11.3. The first-order chi connectivity index (χ1) is 9.52. The molecule has 6 nitrogen and oxygen atoms in total. The lowest BCUT2D eigenvalue weighted by molar-refractivity contribution is -0.140. The highest BCUT2D eigenvalue weighted by molar-refractivity contribution is 5.95. The van der Waals surface area contributed by atoms with Crippen LogP contribution in [0.4, 0.5) is 10.5 Å². The number of carboxylic acids is 1. The van der Waals surface area contributed by atoms with E-state index in [0.29, 0.717) is 6.54 Å². The van der Waals surface area contributed by atoms with Crippen molar-refractivity contribution in [3.05, 3.63) is 29.3 Å². The molecule has 3 N–H and O–H groups in total. The van der Waals surface area contributed by atoms with E-state index < -0.39 is 24.6 Å². The monoisotopic (exact) mass is 278 g/mol. The van der Waals surface area contributed by atoms with Crippen molar-refractivity contribution >= 4 is 17.7 Å². The molecule has 1 atom stereocenters. The quantitative estimate of drug-likeness (QED) is 0.766. The highest BCUT2D eigenvalue weighted by Gasteiger charge is 2.26. The van der Waals surface area contributed by atoms with Crippen molar-refractivity contribution in [2.45, 2.75) is 25.8 Å². The second-order valence-electron chi connectivity index (χ2n) is 4.91. The van der Waals surface area contributed by atoms with Gasteiger partial charge in [0.1, 0.15) is 0 Å². The largest absolute Gasteiger partial charge is 0.480 e. The number of nitrogens with zero attached hydrogens (tertiary/aromatic N) is 1. The van der Waals surface area contributed by atoms with Gasteiger partial charge in [-0.2, -0.15) is 0 Å². The number of aryl methyl sites for hydroxylation is 2. The van der Waals surface area contributed by atoms with Crippen LogP contribution in [-0.4, -0.2) is 41.4 Å². The molecule has 6 heteroatoms. The molecule has 0 unspecified atom stereocenters. The van der Waals surface area contributed by atoms with Gasteiger partial charge >= 0.3 is 12.0 Å². The topological polar surface area (TPSA) is 89.9 Å². The van der Waals surface area contributed by atoms with Gasteiger partial charge in [-0.3, -0.25) is 4.90 Å². The Hall–Kier alpha value is -2.08. The first-order valence-corrected chi connectivity index (χ1v) is 6.54. The molecular formula is C14H18N2O4. The maximum absolute atomic E-state index is 12.2. The van der Waals surface area contributed by atoms with Crippen LogP contribution in [0.2, 0.25) is 0 Å². The van der Waals surface area contributed by atoms with Crippen molar-refractivity contribution in [3.8, 4) is 0 Å². The minimum Gasteiger partial charge on any atom is -0.480 e. The number of benzene rings is 1. The number of rotatable bonds is 3. The summed E-state index contributed by atoms with van der Waals surface area (Å²) in [6.07, 6.45) is 1.74. The molecule has 0 spiro atoms. The van der Waals surface area contributed by atoms with E-state index >= 15 is 0 Å². The Bertz CT molecular complexity index is 530. The number of carboxylic acid groups (broad SMARTS) is 1. The fraction of sp³-hybridized carbons (Fsp3) is 0.429. The van der Waals surface area contributed by atoms with Crippen LogP contribution < -0.4 is 10.2 Å². The fourth-order valence-corrected chi connectivity index (χ4v) is 2.35. The summed E-state index contributed by atoms with van der Waals surface area (Å²) in [6, 6.07) is 4.06. The van der Waals surface area contributed by atoms with E-state index in [-0.39, 0.29) is 0 Å². The third-order valence-electron chi connectivity index (χ3n) is 3.38. The molecule has 1 heterocycles. The Balaban J connectivity index is 2.18. The van der Waals surface area contributed by atoms with Gasteiger partial charge in [-0.15, -0.1) is 0 Å². The van der Waals surface area contributed by atoms with Crippen LogP contribution in [0, 0.1) is 6.92 Å². The van der Waals surface area contributed by atoms with Gasteiger partial charge in [0.15, 0.2) is 6.04 Å². The number of carbonyl (C=O) groups is 2. The summed E-state index contributed by atoms with van der Waals surface area (Å²) in [5.41, 5.74) is 3.02. The summed E-state index contributed by atoms with van der Waals surface area (Å²) >= 11 is 0. The summed E-state index contributed by atoms with van der Waals surface area (Å²) in [6.45, 7) is 1.90. The molecule has 1 aromatic carbocycles. The average molecular weight is 278 g/mol. The molecule has 1 aromatic rings. The molecule has 2 amide bonds. The Kier molecular flexibility index (Phi) is 4.24. The SMILES string of the molecule is Cc1ccc2c(c1)CCCN2C(=O)N[C@@H](CO)C(=O)O. The number of hydrogen-bond donors (Lipinski definition) is 3. The maximum Gasteiger partial charge on any atom is 0.328 e.